The summed E-state index contributed by atoms with van der Waals surface area (Å²) in [7, 11) is 0. The van der Waals surface area contributed by atoms with Crippen molar-refractivity contribution >= 4 is 11.8 Å². The largest absolute Gasteiger partial charge is 0.378 e. The molecule has 1 saturated carbocycles. The fourth-order valence-corrected chi connectivity index (χ4v) is 2.47. The van der Waals surface area contributed by atoms with Crippen LogP contribution in [-0.4, -0.2) is 24.2 Å². The molecule has 0 aromatic rings. The number of rotatable bonds is 7. The Morgan fingerprint density at radius 2 is 2.08 bits per heavy atom. The molecule has 0 spiro atoms. The lowest BCUT2D eigenvalue weighted by Gasteiger charge is -2.34. The predicted molar refractivity (Wildman–Crippen MR) is 60.4 cm³/mol. The molecule has 0 aliphatic heterocycles. The van der Waals surface area contributed by atoms with Gasteiger partial charge >= 0.3 is 0 Å². The van der Waals surface area contributed by atoms with Crippen molar-refractivity contribution < 1.29 is 4.74 Å². The molecule has 0 N–H and O–H groups in total. The highest BCUT2D eigenvalue weighted by atomic mass is 32.2. The lowest BCUT2D eigenvalue weighted by atomic mass is 9.84. The molecule has 1 aliphatic carbocycles. The highest BCUT2D eigenvalue weighted by Gasteiger charge is 2.28. The van der Waals surface area contributed by atoms with Gasteiger partial charge in [-0.15, -0.1) is 0 Å². The van der Waals surface area contributed by atoms with E-state index in [1.165, 1.54) is 37.2 Å². The molecule has 0 aromatic carbocycles. The van der Waals surface area contributed by atoms with Crippen molar-refractivity contribution in [1.82, 2.24) is 0 Å². The summed E-state index contributed by atoms with van der Waals surface area (Å²) in [5, 5.41) is 0. The Balaban J connectivity index is 1.87. The van der Waals surface area contributed by atoms with Gasteiger partial charge in [-0.1, -0.05) is 20.3 Å². The highest BCUT2D eigenvalue weighted by molar-refractivity contribution is 7.99. The average Bonchev–Trinajstić information content (AvgIpc) is 2.07. The molecule has 0 heterocycles. The Hall–Kier alpha value is 0.310. The van der Waals surface area contributed by atoms with Crippen molar-refractivity contribution in [3.63, 3.8) is 0 Å². The number of unbranched alkanes of at least 4 members (excludes halogenated alkanes) is 1. The average molecular weight is 202 g/mol. The molecule has 1 aliphatic rings. The van der Waals surface area contributed by atoms with Crippen LogP contribution in [0, 0.1) is 5.92 Å². The first-order valence-electron chi connectivity index (χ1n) is 5.56. The summed E-state index contributed by atoms with van der Waals surface area (Å²) in [6.45, 7) is 5.43. The van der Waals surface area contributed by atoms with Gasteiger partial charge in [-0.3, -0.25) is 0 Å². The molecule has 1 nitrogen and oxygen atoms in total. The van der Waals surface area contributed by atoms with Crippen molar-refractivity contribution in [1.29, 1.82) is 0 Å². The maximum atomic E-state index is 5.72. The molecule has 0 aromatic heterocycles. The van der Waals surface area contributed by atoms with Crippen LogP contribution in [0.5, 0.6) is 0 Å². The smallest absolute Gasteiger partial charge is 0.0581 e. The van der Waals surface area contributed by atoms with Crippen LogP contribution in [-0.2, 0) is 4.74 Å². The van der Waals surface area contributed by atoms with Crippen LogP contribution >= 0.6 is 11.8 Å². The fraction of sp³-hybridized carbons (Fsp3) is 1.00. The number of ether oxygens (including phenoxy) is 1. The Bertz CT molecular complexity index is 121. The van der Waals surface area contributed by atoms with Gasteiger partial charge in [0, 0.05) is 6.61 Å². The molecule has 0 atom stereocenters. The number of hydrogen-bond donors (Lipinski definition) is 0. The van der Waals surface area contributed by atoms with Crippen LogP contribution in [0.4, 0.5) is 0 Å². The van der Waals surface area contributed by atoms with Crippen molar-refractivity contribution in [2.45, 2.75) is 45.6 Å². The third-order valence-electron chi connectivity index (χ3n) is 2.60. The highest BCUT2D eigenvalue weighted by Crippen LogP contribution is 2.32. The molecule has 0 amide bonds. The molecule has 1 fully saturated rings. The van der Waals surface area contributed by atoms with Gasteiger partial charge in [0.2, 0.25) is 0 Å². The second-order valence-electron chi connectivity index (χ2n) is 3.84. The summed E-state index contributed by atoms with van der Waals surface area (Å²) in [4.78, 5) is 0. The number of thioether (sulfide) groups is 1. The topological polar surface area (TPSA) is 9.23 Å². The Kier molecular flexibility index (Phi) is 5.88. The molecular formula is C11H22OS. The van der Waals surface area contributed by atoms with Gasteiger partial charge in [0.15, 0.2) is 0 Å². The van der Waals surface area contributed by atoms with Gasteiger partial charge < -0.3 is 4.74 Å². The van der Waals surface area contributed by atoms with E-state index >= 15 is 0 Å². The van der Waals surface area contributed by atoms with Crippen LogP contribution in [0.3, 0.4) is 0 Å². The molecule has 1 rings (SSSR count). The standard InChI is InChI=1S/C11H22OS/c1-3-5-6-12-11-7-10(8-11)9-13-4-2/h10-11H,3-9H2,1-2H3. The van der Waals surface area contributed by atoms with E-state index in [9.17, 15) is 0 Å². The minimum absolute atomic E-state index is 0.606. The monoisotopic (exact) mass is 202 g/mol. The quantitative estimate of drug-likeness (QED) is 0.586. The Morgan fingerprint density at radius 1 is 1.31 bits per heavy atom. The van der Waals surface area contributed by atoms with Gasteiger partial charge in [0.05, 0.1) is 6.10 Å². The van der Waals surface area contributed by atoms with Crippen molar-refractivity contribution in [2.75, 3.05) is 18.1 Å². The van der Waals surface area contributed by atoms with Crippen LogP contribution in [0.2, 0.25) is 0 Å². The van der Waals surface area contributed by atoms with E-state index < -0.39 is 0 Å². The molecule has 2 heteroatoms. The normalized spacial score (nSPS) is 27.2. The summed E-state index contributed by atoms with van der Waals surface area (Å²) in [6.07, 6.45) is 5.72. The van der Waals surface area contributed by atoms with Crippen molar-refractivity contribution in [3.05, 3.63) is 0 Å². The maximum Gasteiger partial charge on any atom is 0.0581 e. The fourth-order valence-electron chi connectivity index (χ4n) is 1.63. The molecule has 0 bridgehead atoms. The van der Waals surface area contributed by atoms with Crippen molar-refractivity contribution in [2.24, 2.45) is 5.92 Å². The first-order valence-corrected chi connectivity index (χ1v) is 6.71. The van der Waals surface area contributed by atoms with Crippen LogP contribution in [0.25, 0.3) is 0 Å². The minimum atomic E-state index is 0.606. The molecule has 13 heavy (non-hydrogen) atoms. The van der Waals surface area contributed by atoms with Gasteiger partial charge in [-0.05, 0) is 36.7 Å². The maximum absolute atomic E-state index is 5.72. The van der Waals surface area contributed by atoms with E-state index in [-0.39, 0.29) is 0 Å². The van der Waals surface area contributed by atoms with E-state index in [0.717, 1.165) is 12.5 Å². The Labute approximate surface area is 86.6 Å². The molecule has 0 saturated heterocycles. The van der Waals surface area contributed by atoms with E-state index in [4.69, 9.17) is 4.74 Å². The van der Waals surface area contributed by atoms with Crippen LogP contribution in [0.1, 0.15) is 39.5 Å². The van der Waals surface area contributed by atoms with Crippen LogP contribution in [0.15, 0.2) is 0 Å². The van der Waals surface area contributed by atoms with E-state index in [1.54, 1.807) is 0 Å². The summed E-state index contributed by atoms with van der Waals surface area (Å²) >= 11 is 2.07. The third-order valence-corrected chi connectivity index (χ3v) is 3.72. The van der Waals surface area contributed by atoms with Crippen LogP contribution < -0.4 is 0 Å². The first kappa shape index (κ1) is 11.4. The zero-order valence-electron chi connectivity index (χ0n) is 8.92. The van der Waals surface area contributed by atoms with Gasteiger partial charge in [0.25, 0.3) is 0 Å². The predicted octanol–water partition coefficient (Wildman–Crippen LogP) is 3.33. The molecule has 0 radical (unpaired) electrons. The van der Waals surface area contributed by atoms with Gasteiger partial charge in [-0.2, -0.15) is 11.8 Å². The molecule has 78 valence electrons. The second-order valence-corrected chi connectivity index (χ2v) is 5.16. The first-order chi connectivity index (χ1) is 6.36. The Morgan fingerprint density at radius 3 is 2.69 bits per heavy atom. The summed E-state index contributed by atoms with van der Waals surface area (Å²) in [5.74, 6) is 3.57. The molecule has 0 unspecified atom stereocenters. The zero-order valence-corrected chi connectivity index (χ0v) is 9.74. The van der Waals surface area contributed by atoms with E-state index in [1.807, 2.05) is 0 Å². The number of hydrogen-bond acceptors (Lipinski definition) is 2. The lowest BCUT2D eigenvalue weighted by molar-refractivity contribution is -0.0249. The third kappa shape index (κ3) is 4.37. The molecular weight excluding hydrogens is 180 g/mol. The zero-order chi connectivity index (χ0) is 9.52. The summed E-state index contributed by atoms with van der Waals surface area (Å²) in [6, 6.07) is 0. The lowest BCUT2D eigenvalue weighted by Crippen LogP contribution is -2.33. The SMILES string of the molecule is CCCCOC1CC(CSCC)C1. The van der Waals surface area contributed by atoms with Crippen molar-refractivity contribution in [3.8, 4) is 0 Å². The second kappa shape index (κ2) is 6.72. The van der Waals surface area contributed by atoms with E-state index in [0.29, 0.717) is 6.10 Å². The summed E-state index contributed by atoms with van der Waals surface area (Å²) < 4.78 is 5.72. The van der Waals surface area contributed by atoms with Gasteiger partial charge in [-0.25, -0.2) is 0 Å². The summed E-state index contributed by atoms with van der Waals surface area (Å²) in [5.41, 5.74) is 0. The minimum Gasteiger partial charge on any atom is -0.378 e. The van der Waals surface area contributed by atoms with Gasteiger partial charge in [0.1, 0.15) is 0 Å². The van der Waals surface area contributed by atoms with E-state index in [2.05, 4.69) is 25.6 Å².